The minimum atomic E-state index is -0.329. The van der Waals surface area contributed by atoms with Crippen molar-refractivity contribution in [2.75, 3.05) is 6.61 Å². The van der Waals surface area contributed by atoms with E-state index in [1.807, 2.05) is 50.2 Å². The SMILES string of the molecule is Cc1ccc(C(=O)OCCCn2c(=O)[nH]c3ccccc32)cc1C. The standard InChI is InChI=1S/C19H20N2O3/c1-13-8-9-15(12-14(13)2)18(22)24-11-5-10-21-17-7-4-3-6-16(17)20-19(21)23/h3-4,6-9,12H,5,10-11H2,1-2H3,(H,20,23). The third kappa shape index (κ3) is 3.25. The van der Waals surface area contributed by atoms with Crippen molar-refractivity contribution >= 4 is 17.0 Å². The summed E-state index contributed by atoms with van der Waals surface area (Å²) in [4.78, 5) is 26.8. The van der Waals surface area contributed by atoms with Gasteiger partial charge in [0.2, 0.25) is 0 Å². The Hall–Kier alpha value is -2.82. The molecule has 3 aromatic rings. The molecule has 124 valence electrons. The first-order valence-corrected chi connectivity index (χ1v) is 7.98. The fraction of sp³-hybridized carbons (Fsp3) is 0.263. The zero-order chi connectivity index (χ0) is 17.1. The summed E-state index contributed by atoms with van der Waals surface area (Å²) in [7, 11) is 0. The highest BCUT2D eigenvalue weighted by Gasteiger charge is 2.09. The first-order valence-electron chi connectivity index (χ1n) is 7.98. The normalized spacial score (nSPS) is 10.9. The fourth-order valence-electron chi connectivity index (χ4n) is 2.67. The van der Waals surface area contributed by atoms with Gasteiger partial charge in [-0.2, -0.15) is 0 Å². The van der Waals surface area contributed by atoms with Crippen LogP contribution >= 0.6 is 0 Å². The lowest BCUT2D eigenvalue weighted by Crippen LogP contribution is -2.18. The van der Waals surface area contributed by atoms with Crippen molar-refractivity contribution in [1.29, 1.82) is 0 Å². The van der Waals surface area contributed by atoms with Crippen molar-refractivity contribution in [3.8, 4) is 0 Å². The van der Waals surface area contributed by atoms with Gasteiger partial charge < -0.3 is 9.72 Å². The maximum absolute atomic E-state index is 12.1. The van der Waals surface area contributed by atoms with Crippen molar-refractivity contribution in [3.05, 3.63) is 69.6 Å². The number of hydrogen-bond donors (Lipinski definition) is 1. The van der Waals surface area contributed by atoms with Crippen molar-refractivity contribution in [2.24, 2.45) is 0 Å². The van der Waals surface area contributed by atoms with Gasteiger partial charge in [-0.15, -0.1) is 0 Å². The number of nitrogens with zero attached hydrogens (tertiary/aromatic N) is 1. The quantitative estimate of drug-likeness (QED) is 0.579. The van der Waals surface area contributed by atoms with Gasteiger partial charge in [0.25, 0.3) is 0 Å². The topological polar surface area (TPSA) is 64.1 Å². The molecule has 0 fully saturated rings. The minimum Gasteiger partial charge on any atom is -0.462 e. The van der Waals surface area contributed by atoms with Gasteiger partial charge in [-0.3, -0.25) is 4.57 Å². The summed E-state index contributed by atoms with van der Waals surface area (Å²) in [6.45, 7) is 4.75. The Morgan fingerprint density at radius 3 is 2.71 bits per heavy atom. The van der Waals surface area contributed by atoms with Gasteiger partial charge in [0, 0.05) is 6.54 Å². The van der Waals surface area contributed by atoms with Gasteiger partial charge in [-0.05, 0) is 55.7 Å². The van der Waals surface area contributed by atoms with E-state index in [9.17, 15) is 9.59 Å². The molecule has 0 saturated carbocycles. The molecule has 2 aromatic carbocycles. The Bertz CT molecular complexity index is 937. The van der Waals surface area contributed by atoms with Crippen LogP contribution in [0.1, 0.15) is 27.9 Å². The first kappa shape index (κ1) is 16.1. The van der Waals surface area contributed by atoms with Gasteiger partial charge in [0.05, 0.1) is 23.2 Å². The van der Waals surface area contributed by atoms with Crippen LogP contribution in [-0.2, 0) is 11.3 Å². The molecule has 0 saturated heterocycles. The van der Waals surface area contributed by atoms with Crippen molar-refractivity contribution < 1.29 is 9.53 Å². The maximum Gasteiger partial charge on any atom is 0.338 e. The maximum atomic E-state index is 12.1. The highest BCUT2D eigenvalue weighted by atomic mass is 16.5. The largest absolute Gasteiger partial charge is 0.462 e. The average molecular weight is 324 g/mol. The van der Waals surface area contributed by atoms with Crippen LogP contribution in [0, 0.1) is 13.8 Å². The highest BCUT2D eigenvalue weighted by molar-refractivity contribution is 5.89. The molecule has 0 spiro atoms. The number of fused-ring (bicyclic) bond motifs is 1. The Labute approximate surface area is 139 Å². The van der Waals surface area contributed by atoms with Crippen LogP contribution in [0.2, 0.25) is 0 Å². The molecule has 3 rings (SSSR count). The number of hydrogen-bond acceptors (Lipinski definition) is 3. The third-order valence-electron chi connectivity index (χ3n) is 4.18. The van der Waals surface area contributed by atoms with Gasteiger partial charge in [-0.25, -0.2) is 9.59 Å². The van der Waals surface area contributed by atoms with E-state index in [1.165, 1.54) is 0 Å². The molecule has 1 N–H and O–H groups in total. The molecule has 0 unspecified atom stereocenters. The third-order valence-corrected chi connectivity index (χ3v) is 4.18. The molecule has 24 heavy (non-hydrogen) atoms. The van der Waals surface area contributed by atoms with Gasteiger partial charge in [-0.1, -0.05) is 18.2 Å². The lowest BCUT2D eigenvalue weighted by Gasteiger charge is -2.07. The number of carbonyl (C=O) groups excluding carboxylic acids is 1. The van der Waals surface area contributed by atoms with E-state index in [0.29, 0.717) is 18.5 Å². The van der Waals surface area contributed by atoms with Gasteiger partial charge in [0.15, 0.2) is 0 Å². The van der Waals surface area contributed by atoms with Gasteiger partial charge in [0.1, 0.15) is 0 Å². The number of esters is 1. The summed E-state index contributed by atoms with van der Waals surface area (Å²) in [6, 6.07) is 13.1. The number of rotatable bonds is 5. The van der Waals surface area contributed by atoms with E-state index < -0.39 is 0 Å². The van der Waals surface area contributed by atoms with Crippen LogP contribution < -0.4 is 5.69 Å². The molecule has 5 heteroatoms. The first-order chi connectivity index (χ1) is 11.6. The number of carbonyl (C=O) groups is 1. The lowest BCUT2D eigenvalue weighted by molar-refractivity contribution is 0.0496. The number of imidazole rings is 1. The van der Waals surface area contributed by atoms with Crippen LogP contribution in [0.3, 0.4) is 0 Å². The predicted octanol–water partition coefficient (Wildman–Crippen LogP) is 3.19. The second-order valence-electron chi connectivity index (χ2n) is 5.89. The van der Waals surface area contributed by atoms with E-state index in [4.69, 9.17) is 4.74 Å². The lowest BCUT2D eigenvalue weighted by atomic mass is 10.1. The van der Waals surface area contributed by atoms with Crippen LogP contribution in [0.25, 0.3) is 11.0 Å². The zero-order valence-electron chi connectivity index (χ0n) is 13.8. The summed E-state index contributed by atoms with van der Waals surface area (Å²) in [5.74, 6) is -0.329. The number of nitrogens with one attached hydrogen (secondary N) is 1. The summed E-state index contributed by atoms with van der Waals surface area (Å²) in [5.41, 5.74) is 4.30. The van der Waals surface area contributed by atoms with Crippen molar-refractivity contribution in [2.45, 2.75) is 26.8 Å². The Morgan fingerprint density at radius 1 is 1.12 bits per heavy atom. The van der Waals surface area contributed by atoms with Gasteiger partial charge >= 0.3 is 11.7 Å². The van der Waals surface area contributed by atoms with Crippen LogP contribution in [-0.4, -0.2) is 22.1 Å². The number of aromatic amines is 1. The van der Waals surface area contributed by atoms with Crippen LogP contribution in [0.15, 0.2) is 47.3 Å². The number of aromatic nitrogens is 2. The summed E-state index contributed by atoms with van der Waals surface area (Å²) in [5, 5.41) is 0. The molecule has 0 radical (unpaired) electrons. The fourth-order valence-corrected chi connectivity index (χ4v) is 2.67. The number of para-hydroxylation sites is 2. The monoisotopic (exact) mass is 324 g/mol. The summed E-state index contributed by atoms with van der Waals surface area (Å²) < 4.78 is 6.97. The molecule has 1 heterocycles. The second kappa shape index (κ2) is 6.74. The molecule has 0 atom stereocenters. The Balaban J connectivity index is 1.58. The predicted molar refractivity (Wildman–Crippen MR) is 93.4 cm³/mol. The average Bonchev–Trinajstić information content (AvgIpc) is 2.89. The highest BCUT2D eigenvalue weighted by Crippen LogP contribution is 2.12. The number of H-pyrrole nitrogens is 1. The Morgan fingerprint density at radius 2 is 1.92 bits per heavy atom. The molecular formula is C19H20N2O3. The van der Waals surface area contributed by atoms with E-state index in [-0.39, 0.29) is 18.3 Å². The molecule has 0 aliphatic carbocycles. The molecule has 1 aromatic heterocycles. The van der Waals surface area contributed by atoms with E-state index in [2.05, 4.69) is 4.98 Å². The molecule has 0 aliphatic heterocycles. The van der Waals surface area contributed by atoms with E-state index >= 15 is 0 Å². The van der Waals surface area contributed by atoms with E-state index in [1.54, 1.807) is 10.6 Å². The molecular weight excluding hydrogens is 304 g/mol. The molecule has 0 bridgehead atoms. The summed E-state index contributed by atoms with van der Waals surface area (Å²) in [6.07, 6.45) is 0.582. The second-order valence-corrected chi connectivity index (χ2v) is 5.89. The van der Waals surface area contributed by atoms with Crippen molar-refractivity contribution in [3.63, 3.8) is 0 Å². The van der Waals surface area contributed by atoms with Crippen LogP contribution in [0.4, 0.5) is 0 Å². The van der Waals surface area contributed by atoms with Crippen molar-refractivity contribution in [1.82, 2.24) is 9.55 Å². The number of benzene rings is 2. The number of aryl methyl sites for hydroxylation is 3. The summed E-state index contributed by atoms with van der Waals surface area (Å²) >= 11 is 0. The zero-order valence-corrected chi connectivity index (χ0v) is 13.8. The number of ether oxygens (including phenoxy) is 1. The smallest absolute Gasteiger partial charge is 0.338 e. The van der Waals surface area contributed by atoms with Crippen LogP contribution in [0.5, 0.6) is 0 Å². The molecule has 0 amide bonds. The minimum absolute atomic E-state index is 0.142. The van der Waals surface area contributed by atoms with E-state index in [0.717, 1.165) is 22.2 Å². The molecule has 0 aliphatic rings. The molecule has 5 nitrogen and oxygen atoms in total. The Kier molecular flexibility index (Phi) is 4.51.